The Kier molecular flexibility index (Phi) is 8.18. The van der Waals surface area contributed by atoms with E-state index in [0.717, 1.165) is 17.9 Å². The quantitative estimate of drug-likeness (QED) is 0.389. The Morgan fingerprint density at radius 3 is 2.33 bits per heavy atom. The molecule has 1 N–H and O–H groups in total. The molecule has 3 aromatic rings. The Labute approximate surface area is 210 Å². The highest BCUT2D eigenvalue weighted by Crippen LogP contribution is 2.33. The van der Waals surface area contributed by atoms with E-state index in [9.17, 15) is 23.2 Å². The van der Waals surface area contributed by atoms with Crippen molar-refractivity contribution in [1.29, 1.82) is 0 Å². The molecule has 0 atom stereocenters. The van der Waals surface area contributed by atoms with Crippen LogP contribution in [0.5, 0.6) is 0 Å². The predicted molar refractivity (Wildman–Crippen MR) is 137 cm³/mol. The number of anilines is 2. The molecular formula is C26H27F3N2O4S. The third kappa shape index (κ3) is 5.75. The second-order valence-corrected chi connectivity index (χ2v) is 10.3. The highest BCUT2D eigenvalue weighted by molar-refractivity contribution is 7.98. The average Bonchev–Trinajstić information content (AvgIpc) is 2.78. The van der Waals surface area contributed by atoms with Gasteiger partial charge in [-0.3, -0.25) is 14.4 Å². The van der Waals surface area contributed by atoms with Crippen LogP contribution in [0.3, 0.4) is 0 Å². The van der Waals surface area contributed by atoms with Crippen LogP contribution in [-0.4, -0.2) is 30.4 Å². The first-order valence-corrected chi connectivity index (χ1v) is 12.6. The Balaban J connectivity index is 2.08. The Hall–Kier alpha value is -3.27. The van der Waals surface area contributed by atoms with E-state index >= 15 is 4.39 Å². The lowest BCUT2D eigenvalue weighted by Crippen LogP contribution is -2.30. The summed E-state index contributed by atoms with van der Waals surface area (Å²) in [6.45, 7) is 6.46. The second-order valence-electron chi connectivity index (χ2n) is 9.28. The summed E-state index contributed by atoms with van der Waals surface area (Å²) in [7, 11) is 0. The van der Waals surface area contributed by atoms with Gasteiger partial charge in [0.15, 0.2) is 22.6 Å². The number of nitrogens with zero attached hydrogens (tertiary/aromatic N) is 1. The number of carbonyl (C=O) groups is 2. The molecule has 10 heteroatoms. The lowest BCUT2D eigenvalue weighted by Gasteiger charge is -2.22. The van der Waals surface area contributed by atoms with Gasteiger partial charge in [0.1, 0.15) is 11.6 Å². The lowest BCUT2D eigenvalue weighted by molar-refractivity contribution is -0.123. The first-order valence-electron chi connectivity index (χ1n) is 11.2. The summed E-state index contributed by atoms with van der Waals surface area (Å²) in [6.07, 6.45) is 2.61. The predicted octanol–water partition coefficient (Wildman–Crippen LogP) is 5.97. The SMILES string of the molecule is CSCCCN(C(C)=O)c1ccc(-c2cc(=O)c3c(NC(=O)C(C)(C)C)c(F)cc(F)c3o2)cc1F. The summed E-state index contributed by atoms with van der Waals surface area (Å²) in [6, 6.07) is 5.38. The van der Waals surface area contributed by atoms with Crippen LogP contribution in [-0.2, 0) is 9.59 Å². The fourth-order valence-corrected chi connectivity index (χ4v) is 3.94. The summed E-state index contributed by atoms with van der Waals surface area (Å²) in [4.78, 5) is 38.7. The Morgan fingerprint density at radius 1 is 1.06 bits per heavy atom. The molecule has 0 unspecified atom stereocenters. The van der Waals surface area contributed by atoms with Crippen molar-refractivity contribution in [2.75, 3.05) is 28.8 Å². The molecule has 0 saturated carbocycles. The minimum Gasteiger partial charge on any atom is -0.453 e. The molecule has 0 saturated heterocycles. The van der Waals surface area contributed by atoms with Crippen molar-refractivity contribution >= 4 is 45.9 Å². The van der Waals surface area contributed by atoms with Gasteiger partial charge >= 0.3 is 0 Å². The molecule has 2 amide bonds. The van der Waals surface area contributed by atoms with E-state index in [4.69, 9.17) is 4.42 Å². The van der Waals surface area contributed by atoms with Gasteiger partial charge in [-0.2, -0.15) is 11.8 Å². The van der Waals surface area contributed by atoms with Gasteiger partial charge in [0, 0.05) is 36.6 Å². The minimum absolute atomic E-state index is 0.0657. The largest absolute Gasteiger partial charge is 0.453 e. The van der Waals surface area contributed by atoms with Gasteiger partial charge in [0.05, 0.1) is 16.8 Å². The number of carbonyl (C=O) groups excluding carboxylic acids is 2. The number of benzene rings is 2. The van der Waals surface area contributed by atoms with Gasteiger partial charge in [0.25, 0.3) is 0 Å². The van der Waals surface area contributed by atoms with Crippen LogP contribution >= 0.6 is 11.8 Å². The topological polar surface area (TPSA) is 79.6 Å². The fraction of sp³-hybridized carbons (Fsp3) is 0.346. The normalized spacial score (nSPS) is 11.6. The zero-order valence-corrected chi connectivity index (χ0v) is 21.4. The summed E-state index contributed by atoms with van der Waals surface area (Å²) >= 11 is 1.61. The van der Waals surface area contributed by atoms with E-state index in [1.54, 1.807) is 32.5 Å². The molecule has 0 spiro atoms. The number of nitrogens with one attached hydrogen (secondary N) is 1. The second kappa shape index (κ2) is 10.8. The molecule has 0 aliphatic heterocycles. The molecule has 0 radical (unpaired) electrons. The molecule has 0 aliphatic rings. The van der Waals surface area contributed by atoms with Gasteiger partial charge in [-0.05, 0) is 36.6 Å². The monoisotopic (exact) mass is 520 g/mol. The lowest BCUT2D eigenvalue weighted by atomic mass is 9.95. The summed E-state index contributed by atoms with van der Waals surface area (Å²) in [5.74, 6) is -3.27. The van der Waals surface area contributed by atoms with E-state index in [2.05, 4.69) is 5.32 Å². The van der Waals surface area contributed by atoms with Crippen molar-refractivity contribution in [3.8, 4) is 11.3 Å². The van der Waals surface area contributed by atoms with Crippen molar-refractivity contribution in [3.63, 3.8) is 0 Å². The molecule has 0 fully saturated rings. The molecule has 3 rings (SSSR count). The van der Waals surface area contributed by atoms with Gasteiger partial charge in [-0.25, -0.2) is 13.2 Å². The molecular weight excluding hydrogens is 493 g/mol. The van der Waals surface area contributed by atoms with Crippen molar-refractivity contribution in [2.24, 2.45) is 5.41 Å². The summed E-state index contributed by atoms with van der Waals surface area (Å²) in [5.41, 5.74) is -2.61. The molecule has 0 bridgehead atoms. The van der Waals surface area contributed by atoms with Crippen LogP contribution in [0.25, 0.3) is 22.3 Å². The maximum absolute atomic E-state index is 15.0. The molecule has 1 aromatic heterocycles. The number of hydrogen-bond donors (Lipinski definition) is 1. The molecule has 192 valence electrons. The van der Waals surface area contributed by atoms with Crippen LogP contribution in [0.15, 0.2) is 39.5 Å². The van der Waals surface area contributed by atoms with E-state index in [1.807, 2.05) is 6.26 Å². The number of halogens is 3. The highest BCUT2D eigenvalue weighted by Gasteiger charge is 2.26. The van der Waals surface area contributed by atoms with Crippen LogP contribution in [0.2, 0.25) is 0 Å². The fourth-order valence-electron chi connectivity index (χ4n) is 3.53. The summed E-state index contributed by atoms with van der Waals surface area (Å²) in [5, 5.41) is 1.87. The first kappa shape index (κ1) is 27.3. The van der Waals surface area contributed by atoms with Crippen LogP contribution in [0.4, 0.5) is 24.5 Å². The van der Waals surface area contributed by atoms with Crippen LogP contribution in [0.1, 0.15) is 34.1 Å². The maximum Gasteiger partial charge on any atom is 0.229 e. The standard InChI is InChI=1S/C26H27F3N2O4S/c1-14(32)31(9-6-10-36-5)19-8-7-15(11-16(19)27)21-13-20(33)22-23(30-25(34)26(2,3)4)17(28)12-18(29)24(22)35-21/h7-8,11-13H,6,9-10H2,1-5H3,(H,30,34). The van der Waals surface area contributed by atoms with E-state index < -0.39 is 50.9 Å². The molecule has 36 heavy (non-hydrogen) atoms. The van der Waals surface area contributed by atoms with Crippen LogP contribution in [0, 0.1) is 22.9 Å². The van der Waals surface area contributed by atoms with Gasteiger partial charge in [-0.1, -0.05) is 20.8 Å². The van der Waals surface area contributed by atoms with Crippen molar-refractivity contribution in [1.82, 2.24) is 0 Å². The van der Waals surface area contributed by atoms with Crippen molar-refractivity contribution in [2.45, 2.75) is 34.1 Å². The van der Waals surface area contributed by atoms with Gasteiger partial charge in [0.2, 0.25) is 11.8 Å². The zero-order valence-electron chi connectivity index (χ0n) is 20.6. The molecule has 0 aliphatic carbocycles. The number of rotatable bonds is 7. The number of hydrogen-bond acceptors (Lipinski definition) is 5. The van der Waals surface area contributed by atoms with Gasteiger partial charge < -0.3 is 14.6 Å². The van der Waals surface area contributed by atoms with Crippen molar-refractivity contribution < 1.29 is 27.2 Å². The average molecular weight is 521 g/mol. The van der Waals surface area contributed by atoms with Gasteiger partial charge in [-0.15, -0.1) is 0 Å². The highest BCUT2D eigenvalue weighted by atomic mass is 32.2. The summed E-state index contributed by atoms with van der Waals surface area (Å²) < 4.78 is 49.8. The third-order valence-corrected chi connectivity index (χ3v) is 6.16. The minimum atomic E-state index is -1.15. The Bertz CT molecular complexity index is 1380. The smallest absolute Gasteiger partial charge is 0.229 e. The third-order valence-electron chi connectivity index (χ3n) is 5.46. The molecule has 2 aromatic carbocycles. The van der Waals surface area contributed by atoms with E-state index in [0.29, 0.717) is 19.0 Å². The maximum atomic E-state index is 15.0. The first-order chi connectivity index (χ1) is 16.8. The number of fused-ring (bicyclic) bond motifs is 1. The van der Waals surface area contributed by atoms with E-state index in [1.165, 1.54) is 24.0 Å². The zero-order chi connectivity index (χ0) is 26.8. The van der Waals surface area contributed by atoms with Crippen LogP contribution < -0.4 is 15.6 Å². The molecule has 1 heterocycles. The Morgan fingerprint density at radius 2 is 1.75 bits per heavy atom. The van der Waals surface area contributed by atoms with Crippen molar-refractivity contribution in [3.05, 3.63) is 58.0 Å². The number of amides is 2. The number of thioether (sulfide) groups is 1. The van der Waals surface area contributed by atoms with E-state index in [-0.39, 0.29) is 22.9 Å². The molecule has 6 nitrogen and oxygen atoms in total.